The number of carbonyl (C=O) groups excluding carboxylic acids is 3. The Balaban J connectivity index is 1.44. The number of rotatable bonds is 8. The van der Waals surface area contributed by atoms with Gasteiger partial charge in [-0.1, -0.05) is 29.8 Å². The van der Waals surface area contributed by atoms with Gasteiger partial charge >= 0.3 is 5.69 Å². The number of hydrogen-bond donors (Lipinski definition) is 1. The van der Waals surface area contributed by atoms with Gasteiger partial charge in [0.2, 0.25) is 11.7 Å². The molecule has 0 atom stereocenters. The van der Waals surface area contributed by atoms with Crippen molar-refractivity contribution in [3.8, 4) is 11.5 Å². The van der Waals surface area contributed by atoms with Gasteiger partial charge in [-0.15, -0.1) is 0 Å². The van der Waals surface area contributed by atoms with Crippen LogP contribution >= 0.6 is 11.8 Å². The summed E-state index contributed by atoms with van der Waals surface area (Å²) in [5, 5.41) is 24.4. The van der Waals surface area contributed by atoms with E-state index in [9.17, 15) is 34.6 Å². The van der Waals surface area contributed by atoms with E-state index in [1.165, 1.54) is 18.2 Å². The average molecular weight is 563 g/mol. The molecule has 204 valence electrons. The van der Waals surface area contributed by atoms with Gasteiger partial charge in [-0.05, 0) is 73.5 Å². The molecule has 0 spiro atoms. The van der Waals surface area contributed by atoms with Crippen molar-refractivity contribution in [2.24, 2.45) is 0 Å². The molecule has 1 saturated heterocycles. The molecule has 0 unspecified atom stereocenters. The van der Waals surface area contributed by atoms with Gasteiger partial charge in [0.15, 0.2) is 0 Å². The summed E-state index contributed by atoms with van der Waals surface area (Å²) in [5.41, 5.74) is 2.96. The van der Waals surface area contributed by atoms with Crippen LogP contribution < -0.4 is 10.1 Å². The minimum atomic E-state index is -0.782. The number of carbonyl (C=O) groups is 3. The van der Waals surface area contributed by atoms with Crippen molar-refractivity contribution in [2.45, 2.75) is 20.8 Å². The van der Waals surface area contributed by atoms with Crippen molar-refractivity contribution >= 4 is 52.0 Å². The lowest BCUT2D eigenvalue weighted by Crippen LogP contribution is -2.36. The first-order valence-corrected chi connectivity index (χ1v) is 12.6. The van der Waals surface area contributed by atoms with Crippen molar-refractivity contribution in [3.63, 3.8) is 0 Å². The highest BCUT2D eigenvalue weighted by Crippen LogP contribution is 2.35. The topological polar surface area (TPSA) is 162 Å². The number of nitrogens with zero attached hydrogens (tertiary/aromatic N) is 3. The van der Waals surface area contributed by atoms with Crippen LogP contribution in [0.4, 0.5) is 21.9 Å². The van der Waals surface area contributed by atoms with E-state index in [0.29, 0.717) is 23.0 Å². The number of nitro groups is 2. The predicted molar refractivity (Wildman–Crippen MR) is 148 cm³/mol. The molecule has 12 nitrogen and oxygen atoms in total. The summed E-state index contributed by atoms with van der Waals surface area (Å²) in [5.74, 6) is -1.08. The Labute approximate surface area is 231 Å². The fourth-order valence-electron chi connectivity index (χ4n) is 4.09. The lowest BCUT2D eigenvalue weighted by atomic mass is 10.1. The zero-order valence-electron chi connectivity index (χ0n) is 21.5. The Kier molecular flexibility index (Phi) is 7.95. The predicted octanol–water partition coefficient (Wildman–Crippen LogP) is 5.90. The van der Waals surface area contributed by atoms with E-state index >= 15 is 0 Å². The summed E-state index contributed by atoms with van der Waals surface area (Å²) >= 11 is 0.706. The summed E-state index contributed by atoms with van der Waals surface area (Å²) in [6.07, 6.45) is 1.48. The molecule has 1 heterocycles. The summed E-state index contributed by atoms with van der Waals surface area (Å²) < 4.78 is 5.54. The molecular weight excluding hydrogens is 540 g/mol. The maximum atomic E-state index is 12.9. The Morgan fingerprint density at radius 3 is 2.23 bits per heavy atom. The molecule has 0 saturated carbocycles. The Hall–Kier alpha value is -5.04. The molecule has 0 aliphatic carbocycles. The summed E-state index contributed by atoms with van der Waals surface area (Å²) in [4.78, 5) is 59.7. The second kappa shape index (κ2) is 11.4. The first-order chi connectivity index (χ1) is 18.9. The zero-order chi connectivity index (χ0) is 29.1. The normalized spacial score (nSPS) is 14.0. The molecular formula is C27H22N4O8S. The van der Waals surface area contributed by atoms with E-state index in [4.69, 9.17) is 4.74 Å². The highest BCUT2D eigenvalue weighted by Gasteiger charge is 2.36. The number of benzene rings is 3. The first-order valence-electron chi connectivity index (χ1n) is 11.8. The fraction of sp³-hybridized carbons (Fsp3) is 0.148. The average Bonchev–Trinajstić information content (AvgIpc) is 3.14. The number of imide groups is 1. The number of aryl methyl sites for hydroxylation is 3. The van der Waals surface area contributed by atoms with Crippen molar-refractivity contribution in [3.05, 3.63) is 102 Å². The lowest BCUT2D eigenvalue weighted by molar-refractivity contribution is -0.394. The molecule has 1 aliphatic heterocycles. The quantitative estimate of drug-likeness (QED) is 0.200. The minimum Gasteiger partial charge on any atom is -0.450 e. The number of amides is 3. The van der Waals surface area contributed by atoms with Gasteiger partial charge in [0, 0.05) is 11.8 Å². The maximum absolute atomic E-state index is 12.9. The van der Waals surface area contributed by atoms with E-state index in [0.717, 1.165) is 39.8 Å². The summed E-state index contributed by atoms with van der Waals surface area (Å²) in [6, 6.07) is 13.0. The molecule has 1 aliphatic rings. The highest BCUT2D eigenvalue weighted by molar-refractivity contribution is 8.18. The van der Waals surface area contributed by atoms with Crippen molar-refractivity contribution < 1.29 is 29.0 Å². The van der Waals surface area contributed by atoms with E-state index < -0.39 is 44.8 Å². The SMILES string of the molecule is Cc1cc(C)c(NC(=O)CN2C(=O)S/C(=C/c3ccc(Oc4ccc([N+](=O)[O-])cc4[N+](=O)[O-])cc3)C2=O)c(C)c1. The van der Waals surface area contributed by atoms with Crippen LogP contribution in [-0.4, -0.2) is 38.3 Å². The number of thioether (sulfide) groups is 1. The van der Waals surface area contributed by atoms with Crippen LogP contribution in [0.25, 0.3) is 6.08 Å². The molecule has 13 heteroatoms. The van der Waals surface area contributed by atoms with Gasteiger partial charge in [-0.2, -0.15) is 0 Å². The van der Waals surface area contributed by atoms with Crippen LogP contribution in [0.3, 0.4) is 0 Å². The van der Waals surface area contributed by atoms with Crippen molar-refractivity contribution in [1.82, 2.24) is 4.90 Å². The number of anilines is 1. The largest absolute Gasteiger partial charge is 0.450 e. The Bertz CT molecular complexity index is 1580. The van der Waals surface area contributed by atoms with Crippen LogP contribution in [0.1, 0.15) is 22.3 Å². The molecule has 3 amide bonds. The van der Waals surface area contributed by atoms with Crippen LogP contribution in [-0.2, 0) is 9.59 Å². The van der Waals surface area contributed by atoms with Gasteiger partial charge in [0.05, 0.1) is 20.8 Å². The summed E-state index contributed by atoms with van der Waals surface area (Å²) in [7, 11) is 0. The Morgan fingerprint density at radius 2 is 1.62 bits per heavy atom. The van der Waals surface area contributed by atoms with Crippen LogP contribution in [0.15, 0.2) is 59.5 Å². The second-order valence-electron chi connectivity index (χ2n) is 8.93. The molecule has 0 radical (unpaired) electrons. The number of ether oxygens (including phenoxy) is 1. The van der Waals surface area contributed by atoms with E-state index in [2.05, 4.69) is 5.32 Å². The molecule has 3 aromatic carbocycles. The number of non-ortho nitro benzene ring substituents is 1. The molecule has 0 bridgehead atoms. The van der Waals surface area contributed by atoms with Gasteiger partial charge in [-0.3, -0.25) is 39.5 Å². The highest BCUT2D eigenvalue weighted by atomic mass is 32.2. The van der Waals surface area contributed by atoms with E-state index in [1.807, 2.05) is 32.9 Å². The lowest BCUT2D eigenvalue weighted by Gasteiger charge is -2.15. The summed E-state index contributed by atoms with van der Waals surface area (Å²) in [6.45, 7) is 5.24. The number of nitrogens with one attached hydrogen (secondary N) is 1. The number of hydrogen-bond acceptors (Lipinski definition) is 9. The second-order valence-corrected chi connectivity index (χ2v) is 9.92. The van der Waals surface area contributed by atoms with E-state index in [1.54, 1.807) is 12.1 Å². The smallest absolute Gasteiger partial charge is 0.318 e. The molecule has 3 aromatic rings. The fourth-order valence-corrected chi connectivity index (χ4v) is 4.93. The number of nitro benzene ring substituents is 2. The molecule has 0 aromatic heterocycles. The standard InChI is InChI=1S/C27H22N4O8S/c1-15-10-16(2)25(17(3)11-15)28-24(32)14-29-26(33)23(40-27(29)34)12-18-4-7-20(8-5-18)39-22-9-6-19(30(35)36)13-21(22)31(37)38/h4-13H,14H2,1-3H3,(H,28,32)/b23-12+. The third kappa shape index (κ3) is 6.15. The van der Waals surface area contributed by atoms with E-state index in [-0.39, 0.29) is 16.4 Å². The minimum absolute atomic E-state index is 0.125. The van der Waals surface area contributed by atoms with Crippen LogP contribution in [0, 0.1) is 41.0 Å². The maximum Gasteiger partial charge on any atom is 0.318 e. The first kappa shape index (κ1) is 28.0. The van der Waals surface area contributed by atoms with Gasteiger partial charge in [0.25, 0.3) is 16.8 Å². The van der Waals surface area contributed by atoms with Gasteiger partial charge in [0.1, 0.15) is 12.3 Å². The molecule has 1 N–H and O–H groups in total. The van der Waals surface area contributed by atoms with Crippen LogP contribution in [0.5, 0.6) is 11.5 Å². The molecule has 40 heavy (non-hydrogen) atoms. The third-order valence-corrected chi connectivity index (χ3v) is 6.78. The van der Waals surface area contributed by atoms with Gasteiger partial charge in [-0.25, -0.2) is 0 Å². The van der Waals surface area contributed by atoms with Gasteiger partial charge < -0.3 is 10.1 Å². The molecule has 4 rings (SSSR count). The van der Waals surface area contributed by atoms with Crippen LogP contribution in [0.2, 0.25) is 0 Å². The molecule has 1 fully saturated rings. The third-order valence-electron chi connectivity index (χ3n) is 5.87. The van der Waals surface area contributed by atoms with Crippen molar-refractivity contribution in [1.29, 1.82) is 0 Å². The van der Waals surface area contributed by atoms with Crippen molar-refractivity contribution in [2.75, 3.05) is 11.9 Å². The Morgan fingerprint density at radius 1 is 0.975 bits per heavy atom. The zero-order valence-corrected chi connectivity index (χ0v) is 22.3. The monoisotopic (exact) mass is 562 g/mol.